The van der Waals surface area contributed by atoms with Gasteiger partial charge in [-0.2, -0.15) is 0 Å². The van der Waals surface area contributed by atoms with Gasteiger partial charge < -0.3 is 15.3 Å². The molecular formula is C12H20N2O3. The van der Waals surface area contributed by atoms with Crippen molar-refractivity contribution in [3.05, 3.63) is 0 Å². The highest BCUT2D eigenvalue weighted by molar-refractivity contribution is 5.76. The van der Waals surface area contributed by atoms with Crippen LogP contribution in [0.25, 0.3) is 0 Å². The lowest BCUT2D eigenvalue weighted by Gasteiger charge is -2.30. The van der Waals surface area contributed by atoms with Crippen LogP contribution in [-0.4, -0.2) is 41.6 Å². The Kier molecular flexibility index (Phi) is 3.86. The van der Waals surface area contributed by atoms with Crippen LogP contribution in [0.1, 0.15) is 32.1 Å². The molecule has 2 amide bonds. The first kappa shape index (κ1) is 12.2. The highest BCUT2D eigenvalue weighted by Gasteiger charge is 2.28. The van der Waals surface area contributed by atoms with E-state index >= 15 is 0 Å². The lowest BCUT2D eigenvalue weighted by molar-refractivity contribution is -0.143. The minimum absolute atomic E-state index is 0.100. The van der Waals surface area contributed by atoms with Crippen molar-refractivity contribution in [1.82, 2.24) is 10.2 Å². The summed E-state index contributed by atoms with van der Waals surface area (Å²) < 4.78 is 0. The van der Waals surface area contributed by atoms with Crippen LogP contribution in [0.5, 0.6) is 0 Å². The van der Waals surface area contributed by atoms with Crippen LogP contribution >= 0.6 is 0 Å². The molecule has 2 fully saturated rings. The first-order chi connectivity index (χ1) is 8.16. The molecule has 2 rings (SSSR count). The molecule has 0 radical (unpaired) electrons. The maximum atomic E-state index is 11.8. The van der Waals surface area contributed by atoms with Gasteiger partial charge in [-0.3, -0.25) is 4.79 Å². The lowest BCUT2D eigenvalue weighted by Crippen LogP contribution is -2.47. The van der Waals surface area contributed by atoms with Crippen molar-refractivity contribution in [3.8, 4) is 0 Å². The summed E-state index contributed by atoms with van der Waals surface area (Å²) in [5, 5.41) is 11.8. The summed E-state index contributed by atoms with van der Waals surface area (Å²) in [6.45, 7) is 1.75. The number of carboxylic acid groups (broad SMARTS) is 1. The predicted molar refractivity (Wildman–Crippen MR) is 62.7 cm³/mol. The summed E-state index contributed by atoms with van der Waals surface area (Å²) in [6, 6.07) is -0.100. The molecule has 0 aromatic carbocycles. The van der Waals surface area contributed by atoms with Gasteiger partial charge in [0, 0.05) is 19.6 Å². The van der Waals surface area contributed by atoms with E-state index in [0.29, 0.717) is 19.5 Å². The maximum Gasteiger partial charge on any atom is 0.317 e. The van der Waals surface area contributed by atoms with Crippen LogP contribution < -0.4 is 5.32 Å². The second-order valence-electron chi connectivity index (χ2n) is 5.09. The number of hydrogen-bond donors (Lipinski definition) is 2. The first-order valence-corrected chi connectivity index (χ1v) is 6.42. The molecule has 1 saturated carbocycles. The van der Waals surface area contributed by atoms with Crippen LogP contribution in [0.3, 0.4) is 0 Å². The number of carbonyl (C=O) groups is 2. The molecule has 1 atom stereocenters. The molecule has 1 saturated heterocycles. The third-order valence-electron chi connectivity index (χ3n) is 3.58. The zero-order valence-corrected chi connectivity index (χ0v) is 10.0. The third kappa shape index (κ3) is 3.61. The van der Waals surface area contributed by atoms with E-state index in [1.54, 1.807) is 4.90 Å². The molecular weight excluding hydrogens is 220 g/mol. The van der Waals surface area contributed by atoms with Gasteiger partial charge in [0.05, 0.1) is 5.92 Å². The van der Waals surface area contributed by atoms with Gasteiger partial charge >= 0.3 is 12.0 Å². The van der Waals surface area contributed by atoms with E-state index in [-0.39, 0.29) is 6.03 Å². The summed E-state index contributed by atoms with van der Waals surface area (Å²) in [4.78, 5) is 24.3. The largest absolute Gasteiger partial charge is 0.481 e. The number of rotatable bonds is 4. The van der Waals surface area contributed by atoms with Crippen LogP contribution in [-0.2, 0) is 4.79 Å². The number of hydrogen-bond acceptors (Lipinski definition) is 2. The molecule has 2 N–H and O–H groups in total. The van der Waals surface area contributed by atoms with Gasteiger partial charge in [-0.25, -0.2) is 4.79 Å². The molecule has 0 aromatic heterocycles. The van der Waals surface area contributed by atoms with Crippen LogP contribution in [0.4, 0.5) is 4.79 Å². The van der Waals surface area contributed by atoms with Crippen molar-refractivity contribution in [3.63, 3.8) is 0 Å². The quantitative estimate of drug-likeness (QED) is 0.778. The molecule has 1 aliphatic heterocycles. The summed E-state index contributed by atoms with van der Waals surface area (Å²) in [6.07, 6.45) is 5.11. The Labute approximate surface area is 101 Å². The predicted octanol–water partition coefficient (Wildman–Crippen LogP) is 1.29. The van der Waals surface area contributed by atoms with E-state index in [4.69, 9.17) is 5.11 Å². The lowest BCUT2D eigenvalue weighted by atomic mass is 9.99. The summed E-state index contributed by atoms with van der Waals surface area (Å²) in [5.41, 5.74) is 0. The van der Waals surface area contributed by atoms with E-state index in [2.05, 4.69) is 5.32 Å². The number of piperidine rings is 1. The fourth-order valence-corrected chi connectivity index (χ4v) is 2.26. The average molecular weight is 240 g/mol. The highest BCUT2D eigenvalue weighted by Crippen LogP contribution is 2.31. The minimum atomic E-state index is -0.791. The molecule has 96 valence electrons. The van der Waals surface area contributed by atoms with Crippen molar-refractivity contribution in [2.24, 2.45) is 11.8 Å². The van der Waals surface area contributed by atoms with Gasteiger partial charge in [0.25, 0.3) is 0 Å². The van der Waals surface area contributed by atoms with Gasteiger partial charge in [-0.1, -0.05) is 12.8 Å². The Bertz CT molecular complexity index is 302. The Morgan fingerprint density at radius 2 is 2.06 bits per heavy atom. The normalized spacial score (nSPS) is 24.5. The Balaban J connectivity index is 1.71. The van der Waals surface area contributed by atoms with Crippen LogP contribution in [0.15, 0.2) is 0 Å². The van der Waals surface area contributed by atoms with E-state index in [9.17, 15) is 9.59 Å². The summed E-state index contributed by atoms with van der Waals surface area (Å²) in [7, 11) is 0. The standard InChI is InChI=1S/C12H20N2O3/c15-11(16)10-2-1-7-14(8-10)12(17)13-6-5-9-3-4-9/h9-10H,1-8H2,(H,13,17)(H,15,16)/t10-/m0/s1. The van der Waals surface area contributed by atoms with Crippen molar-refractivity contribution in [2.45, 2.75) is 32.1 Å². The monoisotopic (exact) mass is 240 g/mol. The molecule has 5 nitrogen and oxygen atoms in total. The maximum absolute atomic E-state index is 11.8. The zero-order chi connectivity index (χ0) is 12.3. The number of aliphatic carboxylic acids is 1. The van der Waals surface area contributed by atoms with Crippen molar-refractivity contribution in [1.29, 1.82) is 0 Å². The van der Waals surface area contributed by atoms with Gasteiger partial charge in [-0.05, 0) is 25.2 Å². The molecule has 0 bridgehead atoms. The molecule has 0 unspecified atom stereocenters. The van der Waals surface area contributed by atoms with Gasteiger partial charge in [-0.15, -0.1) is 0 Å². The molecule has 17 heavy (non-hydrogen) atoms. The average Bonchev–Trinajstić information content (AvgIpc) is 3.13. The number of urea groups is 1. The van der Waals surface area contributed by atoms with Crippen LogP contribution in [0.2, 0.25) is 0 Å². The Morgan fingerprint density at radius 1 is 1.29 bits per heavy atom. The Hall–Kier alpha value is -1.26. The zero-order valence-electron chi connectivity index (χ0n) is 10.0. The molecule has 0 spiro atoms. The number of amides is 2. The number of carbonyl (C=O) groups excluding carboxylic acids is 1. The Morgan fingerprint density at radius 3 is 2.71 bits per heavy atom. The number of nitrogens with zero attached hydrogens (tertiary/aromatic N) is 1. The number of nitrogens with one attached hydrogen (secondary N) is 1. The fraction of sp³-hybridized carbons (Fsp3) is 0.833. The topological polar surface area (TPSA) is 69.6 Å². The van der Waals surface area contributed by atoms with Crippen LogP contribution in [0, 0.1) is 11.8 Å². The second-order valence-corrected chi connectivity index (χ2v) is 5.09. The minimum Gasteiger partial charge on any atom is -0.481 e. The van der Waals surface area contributed by atoms with E-state index < -0.39 is 11.9 Å². The number of carboxylic acids is 1. The summed E-state index contributed by atoms with van der Waals surface area (Å²) >= 11 is 0. The molecule has 2 aliphatic rings. The highest BCUT2D eigenvalue weighted by atomic mass is 16.4. The summed E-state index contributed by atoms with van der Waals surface area (Å²) in [5.74, 6) is -0.373. The molecule has 0 aromatic rings. The van der Waals surface area contributed by atoms with Gasteiger partial charge in [0.1, 0.15) is 0 Å². The smallest absolute Gasteiger partial charge is 0.317 e. The second kappa shape index (κ2) is 5.38. The number of likely N-dealkylation sites (tertiary alicyclic amines) is 1. The molecule has 5 heteroatoms. The van der Waals surface area contributed by atoms with Gasteiger partial charge in [0.2, 0.25) is 0 Å². The van der Waals surface area contributed by atoms with Crippen molar-refractivity contribution < 1.29 is 14.7 Å². The van der Waals surface area contributed by atoms with E-state index in [1.165, 1.54) is 12.8 Å². The van der Waals surface area contributed by atoms with Gasteiger partial charge in [0.15, 0.2) is 0 Å². The van der Waals surface area contributed by atoms with E-state index in [1.807, 2.05) is 0 Å². The molecule has 1 heterocycles. The third-order valence-corrected chi connectivity index (χ3v) is 3.58. The van der Waals surface area contributed by atoms with E-state index in [0.717, 1.165) is 25.3 Å². The molecule has 1 aliphatic carbocycles. The SMILES string of the molecule is O=C(O)[C@H]1CCCN(C(=O)NCCC2CC2)C1. The fourth-order valence-electron chi connectivity index (χ4n) is 2.26. The first-order valence-electron chi connectivity index (χ1n) is 6.42. The van der Waals surface area contributed by atoms with Crippen molar-refractivity contribution in [2.75, 3.05) is 19.6 Å². The van der Waals surface area contributed by atoms with Crippen molar-refractivity contribution >= 4 is 12.0 Å².